The molecule has 0 aliphatic carbocycles. The molecule has 0 saturated heterocycles. The monoisotopic (exact) mass is 254 g/mol. The maximum absolute atomic E-state index is 5.96. The van der Waals surface area contributed by atoms with Crippen LogP contribution in [0.2, 0.25) is 5.15 Å². The Balaban J connectivity index is 2.63. The summed E-state index contributed by atoms with van der Waals surface area (Å²) < 4.78 is 7.05. The molecule has 0 N–H and O–H groups in total. The number of hydrogen-bond acceptors (Lipinski definition) is 4. The highest BCUT2D eigenvalue weighted by molar-refractivity contribution is 6.30. The van der Waals surface area contributed by atoms with Crippen LogP contribution >= 0.6 is 11.6 Å². The fourth-order valence-corrected chi connectivity index (χ4v) is 2.08. The Hall–Kier alpha value is -1.36. The predicted octanol–water partition coefficient (Wildman–Crippen LogP) is 2.85. The van der Waals surface area contributed by atoms with Crippen molar-refractivity contribution in [1.29, 1.82) is 0 Å². The molecule has 0 aromatic carbocycles. The minimum Gasteiger partial charge on any atom is -0.494 e. The molecule has 6 heteroatoms. The van der Waals surface area contributed by atoms with Crippen molar-refractivity contribution >= 4 is 22.8 Å². The molecule has 0 spiro atoms. The second-order valence-corrected chi connectivity index (χ2v) is 4.21. The lowest BCUT2D eigenvalue weighted by Crippen LogP contribution is -2.09. The number of pyridine rings is 1. The van der Waals surface area contributed by atoms with E-state index >= 15 is 0 Å². The summed E-state index contributed by atoms with van der Waals surface area (Å²) in [7, 11) is 1.58. The number of methoxy groups -OCH3 is 1. The van der Waals surface area contributed by atoms with Gasteiger partial charge in [-0.25, -0.2) is 9.67 Å². The molecule has 0 aliphatic rings. The lowest BCUT2D eigenvalue weighted by atomic mass is 10.2. The molecule has 0 bridgehead atoms. The van der Waals surface area contributed by atoms with Crippen molar-refractivity contribution in [3.8, 4) is 5.75 Å². The molecular formula is C11H15ClN4O. The van der Waals surface area contributed by atoms with E-state index in [9.17, 15) is 0 Å². The first-order chi connectivity index (χ1) is 8.21. The van der Waals surface area contributed by atoms with Gasteiger partial charge in [-0.2, -0.15) is 0 Å². The number of nitrogens with zero attached hydrogens (tertiary/aromatic N) is 4. The summed E-state index contributed by atoms with van der Waals surface area (Å²) in [4.78, 5) is 4.28. The van der Waals surface area contributed by atoms with Gasteiger partial charge in [0.25, 0.3) is 0 Å². The first-order valence-electron chi connectivity index (χ1n) is 5.66. The van der Waals surface area contributed by atoms with E-state index in [-0.39, 0.29) is 6.04 Å². The SMILES string of the molecule is CCC(CC)n1nnc2c(OC)cc(Cl)nc21. The summed E-state index contributed by atoms with van der Waals surface area (Å²) in [5.74, 6) is 0.609. The molecule has 2 rings (SSSR count). The summed E-state index contributed by atoms with van der Waals surface area (Å²) in [6.45, 7) is 4.23. The van der Waals surface area contributed by atoms with Gasteiger partial charge in [0.1, 0.15) is 5.15 Å². The Kier molecular flexibility index (Phi) is 3.47. The van der Waals surface area contributed by atoms with Gasteiger partial charge in [-0.05, 0) is 12.8 Å². The lowest BCUT2D eigenvalue weighted by molar-refractivity contribution is 0.418. The van der Waals surface area contributed by atoms with E-state index in [1.165, 1.54) is 0 Å². The van der Waals surface area contributed by atoms with E-state index in [1.54, 1.807) is 13.2 Å². The summed E-state index contributed by atoms with van der Waals surface area (Å²) in [5, 5.41) is 8.66. The van der Waals surface area contributed by atoms with Crippen LogP contribution in [-0.4, -0.2) is 27.1 Å². The average molecular weight is 255 g/mol. The highest BCUT2D eigenvalue weighted by atomic mass is 35.5. The molecule has 5 nitrogen and oxygen atoms in total. The van der Waals surface area contributed by atoms with Gasteiger partial charge < -0.3 is 4.74 Å². The van der Waals surface area contributed by atoms with E-state index in [4.69, 9.17) is 16.3 Å². The number of rotatable bonds is 4. The van der Waals surface area contributed by atoms with Crippen LogP contribution in [0.1, 0.15) is 32.7 Å². The molecule has 0 fully saturated rings. The number of halogens is 1. The zero-order chi connectivity index (χ0) is 12.4. The van der Waals surface area contributed by atoms with Crippen LogP contribution in [0.25, 0.3) is 11.2 Å². The minimum absolute atomic E-state index is 0.288. The van der Waals surface area contributed by atoms with Crippen molar-refractivity contribution < 1.29 is 4.74 Å². The molecule has 0 unspecified atom stereocenters. The molecule has 0 radical (unpaired) electrons. The van der Waals surface area contributed by atoms with Crippen LogP contribution in [0.3, 0.4) is 0 Å². The van der Waals surface area contributed by atoms with Gasteiger partial charge >= 0.3 is 0 Å². The third kappa shape index (κ3) is 2.07. The van der Waals surface area contributed by atoms with Crippen LogP contribution < -0.4 is 4.74 Å². The van der Waals surface area contributed by atoms with Gasteiger partial charge in [-0.15, -0.1) is 5.10 Å². The summed E-state index contributed by atoms with van der Waals surface area (Å²) in [6, 6.07) is 1.94. The Morgan fingerprint density at radius 3 is 2.71 bits per heavy atom. The van der Waals surface area contributed by atoms with Crippen LogP contribution in [0.4, 0.5) is 0 Å². The van der Waals surface area contributed by atoms with E-state index in [1.807, 2.05) is 4.68 Å². The van der Waals surface area contributed by atoms with Crippen molar-refractivity contribution in [1.82, 2.24) is 20.0 Å². The fourth-order valence-electron chi connectivity index (χ4n) is 1.90. The van der Waals surface area contributed by atoms with Crippen molar-refractivity contribution in [3.63, 3.8) is 0 Å². The maximum Gasteiger partial charge on any atom is 0.184 e. The first kappa shape index (κ1) is 12.1. The second kappa shape index (κ2) is 4.87. The first-order valence-corrected chi connectivity index (χ1v) is 6.04. The Morgan fingerprint density at radius 2 is 2.12 bits per heavy atom. The van der Waals surface area contributed by atoms with Crippen molar-refractivity contribution in [3.05, 3.63) is 11.2 Å². The maximum atomic E-state index is 5.96. The molecule has 0 amide bonds. The molecule has 2 heterocycles. The molecule has 2 aromatic heterocycles. The topological polar surface area (TPSA) is 52.8 Å². The Bertz CT molecular complexity index is 521. The second-order valence-electron chi connectivity index (χ2n) is 3.82. The van der Waals surface area contributed by atoms with Crippen molar-refractivity contribution in [2.45, 2.75) is 32.7 Å². The van der Waals surface area contributed by atoms with Gasteiger partial charge in [-0.1, -0.05) is 30.7 Å². The van der Waals surface area contributed by atoms with Crippen molar-refractivity contribution in [2.75, 3.05) is 7.11 Å². The molecule has 0 aliphatic heterocycles. The van der Waals surface area contributed by atoms with Gasteiger partial charge in [0.2, 0.25) is 0 Å². The van der Waals surface area contributed by atoms with E-state index in [0.717, 1.165) is 12.8 Å². The van der Waals surface area contributed by atoms with Crippen molar-refractivity contribution in [2.24, 2.45) is 0 Å². The largest absolute Gasteiger partial charge is 0.494 e. The fraction of sp³-hybridized carbons (Fsp3) is 0.545. The molecule has 17 heavy (non-hydrogen) atoms. The van der Waals surface area contributed by atoms with Crippen LogP contribution in [0, 0.1) is 0 Å². The minimum atomic E-state index is 0.288. The highest BCUT2D eigenvalue weighted by Gasteiger charge is 2.17. The number of ether oxygens (including phenoxy) is 1. The molecule has 0 saturated carbocycles. The Morgan fingerprint density at radius 1 is 1.41 bits per heavy atom. The van der Waals surface area contributed by atoms with Crippen LogP contribution in [-0.2, 0) is 0 Å². The van der Waals surface area contributed by atoms with Gasteiger partial charge in [0, 0.05) is 6.07 Å². The van der Waals surface area contributed by atoms with E-state index < -0.39 is 0 Å². The normalized spacial score (nSPS) is 11.4. The van der Waals surface area contributed by atoms with Gasteiger partial charge in [-0.3, -0.25) is 0 Å². The van der Waals surface area contributed by atoms with E-state index in [2.05, 4.69) is 29.1 Å². The zero-order valence-electron chi connectivity index (χ0n) is 10.1. The quantitative estimate of drug-likeness (QED) is 0.788. The summed E-state index contributed by atoms with van der Waals surface area (Å²) in [5.41, 5.74) is 1.34. The summed E-state index contributed by atoms with van der Waals surface area (Å²) in [6.07, 6.45) is 1.96. The molecule has 92 valence electrons. The summed E-state index contributed by atoms with van der Waals surface area (Å²) >= 11 is 5.96. The van der Waals surface area contributed by atoms with Crippen LogP contribution in [0.5, 0.6) is 5.75 Å². The third-order valence-electron chi connectivity index (χ3n) is 2.87. The smallest absolute Gasteiger partial charge is 0.184 e. The molecule has 2 aromatic rings. The van der Waals surface area contributed by atoms with Gasteiger partial charge in [0.05, 0.1) is 13.2 Å². The molecule has 0 atom stereocenters. The average Bonchev–Trinajstić information content (AvgIpc) is 2.74. The van der Waals surface area contributed by atoms with E-state index in [0.29, 0.717) is 22.1 Å². The zero-order valence-corrected chi connectivity index (χ0v) is 10.9. The number of aromatic nitrogens is 4. The third-order valence-corrected chi connectivity index (χ3v) is 3.07. The standard InChI is InChI=1S/C11H15ClN4O/c1-4-7(5-2)16-11-10(14-15-16)8(17-3)6-9(12)13-11/h6-7H,4-5H2,1-3H3. The predicted molar refractivity (Wildman–Crippen MR) is 66.5 cm³/mol. The number of hydrogen-bond donors (Lipinski definition) is 0. The lowest BCUT2D eigenvalue weighted by Gasteiger charge is -2.12. The van der Waals surface area contributed by atoms with Gasteiger partial charge in [0.15, 0.2) is 16.9 Å². The van der Waals surface area contributed by atoms with Crippen LogP contribution in [0.15, 0.2) is 6.07 Å². The Labute approximate surface area is 105 Å². The highest BCUT2D eigenvalue weighted by Crippen LogP contribution is 2.27. The molecular weight excluding hydrogens is 240 g/mol. The number of fused-ring (bicyclic) bond motifs is 1.